The average Bonchev–Trinajstić information content (AvgIpc) is 2.96. The molecule has 1 fully saturated rings. The Kier molecular flexibility index (Phi) is 4.71. The third kappa shape index (κ3) is 3.27. The fourth-order valence-corrected chi connectivity index (χ4v) is 3.21. The Hall–Kier alpha value is -2.21. The maximum Gasteiger partial charge on any atom is 0.255 e. The van der Waals surface area contributed by atoms with E-state index >= 15 is 0 Å². The second-order valence-corrected chi connectivity index (χ2v) is 5.94. The van der Waals surface area contributed by atoms with Crippen molar-refractivity contribution in [2.75, 3.05) is 19.7 Å². The minimum Gasteiger partial charge on any atom is -0.395 e. The molecule has 0 unspecified atom stereocenters. The number of aliphatic hydroxyl groups is 1. The number of carbonyl (C=O) groups is 1. The van der Waals surface area contributed by atoms with E-state index in [-0.39, 0.29) is 12.5 Å². The number of likely N-dealkylation sites (tertiary alicyclic amines) is 1. The van der Waals surface area contributed by atoms with Crippen LogP contribution in [0.1, 0.15) is 40.6 Å². The molecular weight excluding hydrogens is 292 g/mol. The molecule has 6 nitrogen and oxygen atoms in total. The largest absolute Gasteiger partial charge is 0.395 e. The minimum atomic E-state index is 0.0476. The van der Waals surface area contributed by atoms with Crippen molar-refractivity contribution in [3.05, 3.63) is 47.8 Å². The normalized spacial score (nSPS) is 15.8. The number of aromatic nitrogens is 3. The van der Waals surface area contributed by atoms with Crippen LogP contribution in [0.15, 0.2) is 30.7 Å². The van der Waals surface area contributed by atoms with Gasteiger partial charge in [-0.2, -0.15) is 0 Å². The van der Waals surface area contributed by atoms with Crippen molar-refractivity contribution in [3.63, 3.8) is 0 Å². The fourth-order valence-electron chi connectivity index (χ4n) is 3.21. The summed E-state index contributed by atoms with van der Waals surface area (Å²) in [6, 6.07) is 3.59. The van der Waals surface area contributed by atoms with Crippen LogP contribution in [0.5, 0.6) is 0 Å². The molecule has 1 N–H and O–H groups in total. The number of pyridine rings is 1. The molecule has 0 saturated carbocycles. The highest BCUT2D eigenvalue weighted by Gasteiger charge is 2.27. The molecule has 122 valence electrons. The van der Waals surface area contributed by atoms with Gasteiger partial charge in [0.25, 0.3) is 5.91 Å². The first-order valence-corrected chi connectivity index (χ1v) is 8.03. The van der Waals surface area contributed by atoms with Crippen LogP contribution in [0.2, 0.25) is 0 Å². The van der Waals surface area contributed by atoms with Gasteiger partial charge in [-0.15, -0.1) is 0 Å². The summed E-state index contributed by atoms with van der Waals surface area (Å²) in [6.07, 6.45) is 6.94. The van der Waals surface area contributed by atoms with E-state index in [1.807, 2.05) is 18.0 Å². The van der Waals surface area contributed by atoms with E-state index in [9.17, 15) is 9.90 Å². The minimum absolute atomic E-state index is 0.0476. The maximum absolute atomic E-state index is 12.4. The molecule has 1 amide bonds. The second-order valence-electron chi connectivity index (χ2n) is 5.94. The van der Waals surface area contributed by atoms with Gasteiger partial charge in [0.15, 0.2) is 0 Å². The Bertz CT molecular complexity index is 660. The van der Waals surface area contributed by atoms with Gasteiger partial charge in [0.2, 0.25) is 0 Å². The summed E-state index contributed by atoms with van der Waals surface area (Å²) in [4.78, 5) is 22.9. The molecule has 1 saturated heterocycles. The number of nitrogens with zero attached hydrogens (tertiary/aromatic N) is 4. The van der Waals surface area contributed by atoms with Crippen molar-refractivity contribution < 1.29 is 9.90 Å². The van der Waals surface area contributed by atoms with Crippen molar-refractivity contribution >= 4 is 5.91 Å². The summed E-state index contributed by atoms with van der Waals surface area (Å²) in [5, 5.41) is 9.22. The zero-order chi connectivity index (χ0) is 16.2. The summed E-state index contributed by atoms with van der Waals surface area (Å²) in [5.41, 5.74) is 1.71. The third-order valence-corrected chi connectivity index (χ3v) is 4.47. The van der Waals surface area contributed by atoms with Crippen molar-refractivity contribution in [2.24, 2.45) is 0 Å². The number of carbonyl (C=O) groups excluding carboxylic acids is 1. The summed E-state index contributed by atoms with van der Waals surface area (Å²) >= 11 is 0. The van der Waals surface area contributed by atoms with Gasteiger partial charge in [0.1, 0.15) is 5.82 Å². The van der Waals surface area contributed by atoms with Crippen LogP contribution in [0.4, 0.5) is 0 Å². The number of imidazole rings is 1. The molecule has 0 atom stereocenters. The predicted octanol–water partition coefficient (Wildman–Crippen LogP) is 1.60. The molecule has 6 heteroatoms. The van der Waals surface area contributed by atoms with Gasteiger partial charge in [-0.1, -0.05) is 0 Å². The van der Waals surface area contributed by atoms with E-state index in [2.05, 4.69) is 14.5 Å². The highest BCUT2D eigenvalue weighted by atomic mass is 16.3. The van der Waals surface area contributed by atoms with Gasteiger partial charge in [-0.3, -0.25) is 9.78 Å². The molecular formula is C17H22N4O2. The van der Waals surface area contributed by atoms with Gasteiger partial charge in [0, 0.05) is 49.8 Å². The molecule has 2 aromatic rings. The fraction of sp³-hybridized carbons (Fsp3) is 0.471. The first kappa shape index (κ1) is 15.7. The number of hydrogen-bond donors (Lipinski definition) is 1. The Labute approximate surface area is 135 Å². The summed E-state index contributed by atoms with van der Waals surface area (Å²) in [5.74, 6) is 1.42. The zero-order valence-electron chi connectivity index (χ0n) is 13.4. The molecule has 1 aliphatic rings. The highest BCUT2D eigenvalue weighted by Crippen LogP contribution is 2.28. The molecule has 0 spiro atoms. The van der Waals surface area contributed by atoms with Gasteiger partial charge >= 0.3 is 0 Å². The predicted molar refractivity (Wildman–Crippen MR) is 86.2 cm³/mol. The van der Waals surface area contributed by atoms with Gasteiger partial charge in [-0.25, -0.2) is 4.98 Å². The van der Waals surface area contributed by atoms with Gasteiger partial charge in [-0.05, 0) is 31.9 Å². The highest BCUT2D eigenvalue weighted by molar-refractivity contribution is 5.93. The molecule has 3 heterocycles. The van der Waals surface area contributed by atoms with Crippen LogP contribution in [0.25, 0.3) is 0 Å². The number of amides is 1. The number of hydrogen-bond acceptors (Lipinski definition) is 4. The standard InChI is InChI=1S/C17H22N4O2/c1-13-11-19-16(21(13)9-10-22)14-4-7-20(8-5-14)17(23)15-3-2-6-18-12-15/h2-3,6,11-12,14,22H,4-5,7-10H2,1H3. The van der Waals surface area contributed by atoms with Crippen molar-refractivity contribution in [1.29, 1.82) is 0 Å². The molecule has 0 aromatic carbocycles. The lowest BCUT2D eigenvalue weighted by Crippen LogP contribution is -2.38. The Morgan fingerprint density at radius 2 is 2.13 bits per heavy atom. The van der Waals surface area contributed by atoms with Crippen LogP contribution in [-0.4, -0.2) is 50.1 Å². The SMILES string of the molecule is Cc1cnc(C2CCN(C(=O)c3cccnc3)CC2)n1CCO. The monoisotopic (exact) mass is 314 g/mol. The number of aliphatic hydroxyl groups excluding tert-OH is 1. The van der Waals surface area contributed by atoms with Crippen molar-refractivity contribution in [1.82, 2.24) is 19.4 Å². The third-order valence-electron chi connectivity index (χ3n) is 4.47. The summed E-state index contributed by atoms with van der Waals surface area (Å²) < 4.78 is 2.09. The molecule has 23 heavy (non-hydrogen) atoms. The van der Waals surface area contributed by atoms with Crippen LogP contribution >= 0.6 is 0 Å². The van der Waals surface area contributed by atoms with Crippen LogP contribution in [-0.2, 0) is 6.54 Å². The smallest absolute Gasteiger partial charge is 0.255 e. The first-order chi connectivity index (χ1) is 11.2. The lowest BCUT2D eigenvalue weighted by molar-refractivity contribution is 0.0709. The Morgan fingerprint density at radius 1 is 1.35 bits per heavy atom. The zero-order valence-corrected chi connectivity index (χ0v) is 13.4. The maximum atomic E-state index is 12.4. The number of piperidine rings is 1. The summed E-state index contributed by atoms with van der Waals surface area (Å²) in [7, 11) is 0. The van der Waals surface area contributed by atoms with Crippen molar-refractivity contribution in [2.45, 2.75) is 32.2 Å². The molecule has 3 rings (SSSR count). The van der Waals surface area contributed by atoms with E-state index in [1.54, 1.807) is 24.5 Å². The topological polar surface area (TPSA) is 71.2 Å². The van der Waals surface area contributed by atoms with E-state index in [0.717, 1.165) is 37.4 Å². The lowest BCUT2D eigenvalue weighted by Gasteiger charge is -2.32. The Balaban J connectivity index is 1.66. The lowest BCUT2D eigenvalue weighted by atomic mass is 9.95. The number of rotatable bonds is 4. The Morgan fingerprint density at radius 3 is 2.78 bits per heavy atom. The molecule has 0 aliphatic carbocycles. The van der Waals surface area contributed by atoms with Gasteiger partial charge < -0.3 is 14.6 Å². The van der Waals surface area contributed by atoms with E-state index < -0.39 is 0 Å². The summed E-state index contributed by atoms with van der Waals surface area (Å²) in [6.45, 7) is 4.15. The van der Waals surface area contributed by atoms with E-state index in [0.29, 0.717) is 18.0 Å². The number of aryl methyl sites for hydroxylation is 1. The van der Waals surface area contributed by atoms with Crippen LogP contribution in [0, 0.1) is 6.92 Å². The molecule has 0 radical (unpaired) electrons. The van der Waals surface area contributed by atoms with E-state index in [4.69, 9.17) is 0 Å². The average molecular weight is 314 g/mol. The quantitative estimate of drug-likeness (QED) is 0.930. The van der Waals surface area contributed by atoms with Gasteiger partial charge in [0.05, 0.1) is 12.2 Å². The first-order valence-electron chi connectivity index (χ1n) is 8.03. The molecule has 2 aromatic heterocycles. The molecule has 0 bridgehead atoms. The van der Waals surface area contributed by atoms with Crippen LogP contribution in [0.3, 0.4) is 0 Å². The van der Waals surface area contributed by atoms with Crippen LogP contribution < -0.4 is 0 Å². The second kappa shape index (κ2) is 6.91. The molecule has 1 aliphatic heterocycles. The van der Waals surface area contributed by atoms with Crippen molar-refractivity contribution in [3.8, 4) is 0 Å². The van der Waals surface area contributed by atoms with E-state index in [1.165, 1.54) is 0 Å².